The van der Waals surface area contributed by atoms with Gasteiger partial charge in [0.1, 0.15) is 5.82 Å². The molecule has 1 aliphatic heterocycles. The molecule has 1 aromatic heterocycles. The smallest absolute Gasteiger partial charge is 0.409 e. The van der Waals surface area contributed by atoms with Crippen molar-refractivity contribution in [1.29, 1.82) is 0 Å². The van der Waals surface area contributed by atoms with Gasteiger partial charge in [-0.25, -0.2) is 14.0 Å². The number of nitrogens with one attached hydrogen (secondary N) is 1. The fraction of sp³-hybridized carbons (Fsp3) is 0.529. The molecule has 1 fully saturated rings. The van der Waals surface area contributed by atoms with Gasteiger partial charge in [-0.3, -0.25) is 4.57 Å². The maximum Gasteiger partial charge on any atom is 0.409 e. The second-order valence-corrected chi connectivity index (χ2v) is 7.18. The Morgan fingerprint density at radius 2 is 2.08 bits per heavy atom. The minimum Gasteiger partial charge on any atom is -0.449 e. The molecule has 25 heavy (non-hydrogen) atoms. The molecular weight excluding hydrogens is 349 g/mol. The molecule has 0 saturated carbocycles. The average molecular weight is 370 g/mol. The Bertz CT molecular complexity index is 838. The first-order valence-electron chi connectivity index (χ1n) is 8.37. The van der Waals surface area contributed by atoms with Crippen molar-refractivity contribution in [1.82, 2.24) is 14.5 Å². The van der Waals surface area contributed by atoms with E-state index in [1.807, 2.05) is 13.8 Å². The molecule has 0 aliphatic carbocycles. The highest BCUT2D eigenvalue weighted by Crippen LogP contribution is 2.27. The predicted octanol–water partition coefficient (Wildman–Crippen LogP) is 3.55. The molecule has 0 spiro atoms. The fourth-order valence-corrected chi connectivity index (χ4v) is 3.28. The summed E-state index contributed by atoms with van der Waals surface area (Å²) in [5.74, 6) is -0.276. The largest absolute Gasteiger partial charge is 0.449 e. The van der Waals surface area contributed by atoms with Crippen LogP contribution in [-0.4, -0.2) is 40.2 Å². The Kier molecular flexibility index (Phi) is 5.03. The van der Waals surface area contributed by atoms with Gasteiger partial charge in [0.05, 0.1) is 22.7 Å². The van der Waals surface area contributed by atoms with Crippen molar-refractivity contribution in [2.45, 2.75) is 32.7 Å². The topological polar surface area (TPSA) is 67.3 Å². The van der Waals surface area contributed by atoms with Crippen LogP contribution in [0.1, 0.15) is 32.7 Å². The van der Waals surface area contributed by atoms with E-state index in [4.69, 9.17) is 16.3 Å². The van der Waals surface area contributed by atoms with E-state index in [9.17, 15) is 14.0 Å². The zero-order valence-corrected chi connectivity index (χ0v) is 15.0. The number of rotatable bonds is 3. The highest BCUT2D eigenvalue weighted by Gasteiger charge is 2.27. The van der Waals surface area contributed by atoms with E-state index in [-0.39, 0.29) is 28.8 Å². The quantitative estimate of drug-likeness (QED) is 0.899. The SMILES string of the molecule is CC(C)COC(=O)N1CCC(n2c(=O)[nH]c3cc(F)c(Cl)cc32)CC1. The number of carbonyl (C=O) groups is 1. The summed E-state index contributed by atoms with van der Waals surface area (Å²) < 4.78 is 20.4. The van der Waals surface area contributed by atoms with Crippen molar-refractivity contribution in [2.75, 3.05) is 19.7 Å². The number of benzene rings is 1. The number of imidazole rings is 1. The molecule has 1 aromatic carbocycles. The van der Waals surface area contributed by atoms with Crippen LogP contribution in [0.25, 0.3) is 11.0 Å². The Labute approximate surface area is 149 Å². The zero-order valence-electron chi connectivity index (χ0n) is 14.2. The van der Waals surface area contributed by atoms with E-state index in [2.05, 4.69) is 4.98 Å². The van der Waals surface area contributed by atoms with Gasteiger partial charge in [0.2, 0.25) is 0 Å². The predicted molar refractivity (Wildman–Crippen MR) is 93.6 cm³/mol. The molecule has 3 rings (SSSR count). The molecule has 2 heterocycles. The Morgan fingerprint density at radius 3 is 2.72 bits per heavy atom. The van der Waals surface area contributed by atoms with Crippen molar-refractivity contribution in [3.8, 4) is 0 Å². The number of hydrogen-bond donors (Lipinski definition) is 1. The lowest BCUT2D eigenvalue weighted by atomic mass is 10.0. The molecule has 136 valence electrons. The van der Waals surface area contributed by atoms with E-state index >= 15 is 0 Å². The molecule has 0 unspecified atom stereocenters. The molecule has 1 N–H and O–H groups in total. The first-order valence-corrected chi connectivity index (χ1v) is 8.75. The second-order valence-electron chi connectivity index (χ2n) is 6.77. The number of likely N-dealkylation sites (tertiary alicyclic amines) is 1. The summed E-state index contributed by atoms with van der Waals surface area (Å²) in [5.41, 5.74) is 0.709. The second kappa shape index (κ2) is 7.07. The summed E-state index contributed by atoms with van der Waals surface area (Å²) in [6, 6.07) is 2.62. The third-order valence-electron chi connectivity index (χ3n) is 4.39. The summed E-state index contributed by atoms with van der Waals surface area (Å²) in [6.07, 6.45) is 0.931. The van der Waals surface area contributed by atoms with Crippen LogP contribution in [0.15, 0.2) is 16.9 Å². The lowest BCUT2D eigenvalue weighted by molar-refractivity contribution is 0.0798. The summed E-state index contributed by atoms with van der Waals surface area (Å²) in [6.45, 7) is 5.38. The number of amides is 1. The summed E-state index contributed by atoms with van der Waals surface area (Å²) >= 11 is 5.86. The van der Waals surface area contributed by atoms with Gasteiger partial charge in [0.25, 0.3) is 0 Å². The Hall–Kier alpha value is -2.02. The van der Waals surface area contributed by atoms with Crippen molar-refractivity contribution < 1.29 is 13.9 Å². The number of aromatic amines is 1. The van der Waals surface area contributed by atoms with Crippen LogP contribution in [0.3, 0.4) is 0 Å². The highest BCUT2D eigenvalue weighted by molar-refractivity contribution is 6.31. The molecule has 6 nitrogen and oxygen atoms in total. The van der Waals surface area contributed by atoms with Crippen molar-refractivity contribution in [2.24, 2.45) is 5.92 Å². The Balaban J connectivity index is 1.74. The van der Waals surface area contributed by atoms with Crippen LogP contribution in [0.5, 0.6) is 0 Å². The molecule has 2 aromatic rings. The van der Waals surface area contributed by atoms with Crippen molar-refractivity contribution in [3.63, 3.8) is 0 Å². The van der Waals surface area contributed by atoms with Crippen LogP contribution in [0.2, 0.25) is 5.02 Å². The average Bonchev–Trinajstić information content (AvgIpc) is 2.88. The van der Waals surface area contributed by atoms with Crippen LogP contribution < -0.4 is 5.69 Å². The van der Waals surface area contributed by atoms with Gasteiger partial charge in [0, 0.05) is 25.2 Å². The third kappa shape index (κ3) is 3.66. The van der Waals surface area contributed by atoms with Gasteiger partial charge in [-0.15, -0.1) is 0 Å². The van der Waals surface area contributed by atoms with Crippen LogP contribution >= 0.6 is 11.6 Å². The Morgan fingerprint density at radius 1 is 1.40 bits per heavy atom. The van der Waals surface area contributed by atoms with Gasteiger partial charge in [0.15, 0.2) is 0 Å². The number of aromatic nitrogens is 2. The number of piperidine rings is 1. The number of ether oxygens (including phenoxy) is 1. The lowest BCUT2D eigenvalue weighted by Gasteiger charge is -2.32. The minimum atomic E-state index is -0.565. The monoisotopic (exact) mass is 369 g/mol. The van der Waals surface area contributed by atoms with Gasteiger partial charge in [-0.05, 0) is 24.8 Å². The van der Waals surface area contributed by atoms with E-state index in [0.29, 0.717) is 43.6 Å². The molecular formula is C17H21ClFN3O3. The molecule has 8 heteroatoms. The third-order valence-corrected chi connectivity index (χ3v) is 4.68. The van der Waals surface area contributed by atoms with E-state index < -0.39 is 5.82 Å². The first kappa shape index (κ1) is 17.8. The maximum atomic E-state index is 13.6. The molecule has 1 aliphatic rings. The molecule has 1 amide bonds. The van der Waals surface area contributed by atoms with E-state index in [0.717, 1.165) is 0 Å². The van der Waals surface area contributed by atoms with Crippen molar-refractivity contribution >= 4 is 28.7 Å². The summed E-state index contributed by atoms with van der Waals surface area (Å²) in [7, 11) is 0. The zero-order chi connectivity index (χ0) is 18.1. The highest BCUT2D eigenvalue weighted by atomic mass is 35.5. The lowest BCUT2D eigenvalue weighted by Crippen LogP contribution is -2.41. The van der Waals surface area contributed by atoms with Crippen LogP contribution in [0.4, 0.5) is 9.18 Å². The van der Waals surface area contributed by atoms with E-state index in [1.165, 1.54) is 12.1 Å². The number of fused-ring (bicyclic) bond motifs is 1. The maximum absolute atomic E-state index is 13.6. The molecule has 0 radical (unpaired) electrons. The summed E-state index contributed by atoms with van der Waals surface area (Å²) in [5, 5.41) is -0.0186. The van der Waals surface area contributed by atoms with Crippen molar-refractivity contribution in [3.05, 3.63) is 33.5 Å². The first-order chi connectivity index (χ1) is 11.9. The number of nitrogens with zero attached hydrogens (tertiary/aromatic N) is 2. The fourth-order valence-electron chi connectivity index (χ4n) is 3.12. The number of carbonyl (C=O) groups excluding carboxylic acids is 1. The molecule has 0 atom stereocenters. The minimum absolute atomic E-state index is 0.0186. The van der Waals surface area contributed by atoms with Gasteiger partial charge in [-0.2, -0.15) is 0 Å². The number of halogens is 2. The van der Waals surface area contributed by atoms with Crippen LogP contribution in [-0.2, 0) is 4.74 Å². The van der Waals surface area contributed by atoms with Gasteiger partial charge in [-0.1, -0.05) is 25.4 Å². The normalized spacial score (nSPS) is 16.0. The van der Waals surface area contributed by atoms with E-state index in [1.54, 1.807) is 9.47 Å². The summed E-state index contributed by atoms with van der Waals surface area (Å²) in [4.78, 5) is 28.6. The molecule has 0 bridgehead atoms. The number of H-pyrrole nitrogens is 1. The number of hydrogen-bond acceptors (Lipinski definition) is 3. The van der Waals surface area contributed by atoms with Gasteiger partial charge < -0.3 is 14.6 Å². The van der Waals surface area contributed by atoms with Gasteiger partial charge >= 0.3 is 11.8 Å². The molecule has 1 saturated heterocycles. The standard InChI is InChI=1S/C17H21ClFN3O3/c1-10(2)9-25-17(24)21-5-3-11(4-6-21)22-15-7-12(18)13(19)8-14(15)20-16(22)23/h7-8,10-11H,3-6,9H2,1-2H3,(H,20,23). The van der Waals surface area contributed by atoms with Crippen LogP contribution in [0, 0.1) is 11.7 Å².